The lowest BCUT2D eigenvalue weighted by molar-refractivity contribution is -0.0586. The van der Waals surface area contributed by atoms with Gasteiger partial charge in [-0.05, 0) is 45.5 Å². The van der Waals surface area contributed by atoms with Gasteiger partial charge in [0.05, 0.1) is 12.2 Å². The van der Waals surface area contributed by atoms with E-state index in [1.807, 2.05) is 50.1 Å². The van der Waals surface area contributed by atoms with Gasteiger partial charge in [0.2, 0.25) is 0 Å². The van der Waals surface area contributed by atoms with Crippen molar-refractivity contribution in [1.29, 1.82) is 0 Å². The van der Waals surface area contributed by atoms with Gasteiger partial charge in [-0.3, -0.25) is 4.79 Å². The first-order valence-corrected chi connectivity index (χ1v) is 7.29. The number of hydrogen-bond donors (Lipinski definition) is 1. The molecule has 0 aliphatic carbocycles. The van der Waals surface area contributed by atoms with Crippen LogP contribution in [0.3, 0.4) is 0 Å². The van der Waals surface area contributed by atoms with Crippen LogP contribution in [0.15, 0.2) is 24.3 Å². The number of ether oxygens (including phenoxy) is 1. The molecule has 2 atom stereocenters. The number of amides is 1. The smallest absolute Gasteiger partial charge is 0.254 e. The summed E-state index contributed by atoms with van der Waals surface area (Å²) in [6, 6.07) is 7.89. The van der Waals surface area contributed by atoms with Crippen LogP contribution in [0.2, 0.25) is 0 Å². The van der Waals surface area contributed by atoms with Crippen LogP contribution in [-0.4, -0.2) is 49.7 Å². The molecule has 110 valence electrons. The van der Waals surface area contributed by atoms with Crippen molar-refractivity contribution in [2.24, 2.45) is 0 Å². The summed E-state index contributed by atoms with van der Waals surface area (Å²) in [5.41, 5.74) is 1.93. The average molecular weight is 276 g/mol. The molecule has 0 radical (unpaired) electrons. The average Bonchev–Trinajstić information content (AvgIpc) is 2.43. The first-order valence-electron chi connectivity index (χ1n) is 7.29. The number of morpholine rings is 1. The molecule has 2 rings (SSSR count). The van der Waals surface area contributed by atoms with Crippen molar-refractivity contribution in [2.45, 2.75) is 32.5 Å². The van der Waals surface area contributed by atoms with Crippen molar-refractivity contribution >= 4 is 5.91 Å². The van der Waals surface area contributed by atoms with Crippen molar-refractivity contribution in [2.75, 3.05) is 26.7 Å². The van der Waals surface area contributed by atoms with Gasteiger partial charge in [-0.1, -0.05) is 18.2 Å². The topological polar surface area (TPSA) is 41.6 Å². The van der Waals surface area contributed by atoms with E-state index in [0.717, 1.165) is 24.1 Å². The van der Waals surface area contributed by atoms with Gasteiger partial charge in [0.1, 0.15) is 0 Å². The van der Waals surface area contributed by atoms with Gasteiger partial charge in [-0.15, -0.1) is 0 Å². The van der Waals surface area contributed by atoms with Crippen molar-refractivity contribution in [3.05, 3.63) is 35.4 Å². The molecule has 4 heteroatoms. The third kappa shape index (κ3) is 3.58. The summed E-state index contributed by atoms with van der Waals surface area (Å²) in [4.78, 5) is 14.6. The normalized spacial score (nSPS) is 22.9. The van der Waals surface area contributed by atoms with Gasteiger partial charge >= 0.3 is 0 Å². The molecule has 0 bridgehead atoms. The monoisotopic (exact) mass is 276 g/mol. The van der Waals surface area contributed by atoms with Crippen LogP contribution in [0.25, 0.3) is 0 Å². The summed E-state index contributed by atoms with van der Waals surface area (Å²) in [6.45, 7) is 6.25. The third-order valence-electron chi connectivity index (χ3n) is 3.60. The highest BCUT2D eigenvalue weighted by molar-refractivity contribution is 5.95. The number of nitrogens with one attached hydrogen (secondary N) is 1. The van der Waals surface area contributed by atoms with E-state index in [0.29, 0.717) is 13.1 Å². The van der Waals surface area contributed by atoms with E-state index in [1.54, 1.807) is 0 Å². The van der Waals surface area contributed by atoms with Gasteiger partial charge < -0.3 is 15.0 Å². The van der Waals surface area contributed by atoms with Crippen LogP contribution in [0.5, 0.6) is 0 Å². The second kappa shape index (κ2) is 6.86. The number of nitrogens with zero attached hydrogens (tertiary/aromatic N) is 1. The lowest BCUT2D eigenvalue weighted by Crippen LogP contribution is -2.48. The molecule has 1 heterocycles. The Kier molecular flexibility index (Phi) is 5.15. The number of likely N-dealkylation sites (N-methyl/N-ethyl adjacent to an activating group) is 1. The molecule has 1 aliphatic heterocycles. The van der Waals surface area contributed by atoms with Crippen molar-refractivity contribution in [3.8, 4) is 0 Å². The van der Waals surface area contributed by atoms with E-state index < -0.39 is 0 Å². The minimum absolute atomic E-state index is 0.104. The van der Waals surface area contributed by atoms with Crippen LogP contribution < -0.4 is 5.32 Å². The van der Waals surface area contributed by atoms with Crippen LogP contribution in [0.4, 0.5) is 0 Å². The van der Waals surface area contributed by atoms with E-state index in [1.165, 1.54) is 0 Å². The maximum Gasteiger partial charge on any atom is 0.254 e. The van der Waals surface area contributed by atoms with Crippen molar-refractivity contribution in [1.82, 2.24) is 10.2 Å². The fourth-order valence-corrected chi connectivity index (χ4v) is 2.72. The second-order valence-corrected chi connectivity index (χ2v) is 5.48. The molecule has 1 aromatic rings. The molecular formula is C16H24N2O2. The zero-order chi connectivity index (χ0) is 14.5. The van der Waals surface area contributed by atoms with E-state index in [-0.39, 0.29) is 18.1 Å². The van der Waals surface area contributed by atoms with Crippen molar-refractivity contribution in [3.63, 3.8) is 0 Å². The lowest BCUT2D eigenvalue weighted by atomic mass is 10.0. The van der Waals surface area contributed by atoms with Gasteiger partial charge in [0, 0.05) is 18.7 Å². The summed E-state index contributed by atoms with van der Waals surface area (Å²) in [7, 11) is 1.93. The summed E-state index contributed by atoms with van der Waals surface area (Å²) in [5, 5.41) is 3.13. The lowest BCUT2D eigenvalue weighted by Gasteiger charge is -2.35. The maximum atomic E-state index is 12.7. The van der Waals surface area contributed by atoms with Crippen molar-refractivity contribution < 1.29 is 9.53 Å². The zero-order valence-electron chi connectivity index (χ0n) is 12.6. The number of benzene rings is 1. The highest BCUT2D eigenvalue weighted by Gasteiger charge is 2.27. The number of rotatable bonds is 4. The minimum Gasteiger partial charge on any atom is -0.372 e. The molecule has 1 saturated heterocycles. The van der Waals surface area contributed by atoms with Gasteiger partial charge in [-0.2, -0.15) is 0 Å². The number of carbonyl (C=O) groups excluding carboxylic acids is 1. The van der Waals surface area contributed by atoms with Gasteiger partial charge in [-0.25, -0.2) is 0 Å². The molecule has 0 aromatic heterocycles. The van der Waals surface area contributed by atoms with Crippen LogP contribution in [0.1, 0.15) is 29.8 Å². The molecule has 1 aromatic carbocycles. The number of carbonyl (C=O) groups is 1. The second-order valence-electron chi connectivity index (χ2n) is 5.48. The molecule has 1 fully saturated rings. The van der Waals surface area contributed by atoms with Gasteiger partial charge in [0.15, 0.2) is 0 Å². The Morgan fingerprint density at radius 3 is 2.60 bits per heavy atom. The van der Waals surface area contributed by atoms with E-state index in [9.17, 15) is 4.79 Å². The Labute approximate surface area is 121 Å². The predicted molar refractivity (Wildman–Crippen MR) is 80.0 cm³/mol. The largest absolute Gasteiger partial charge is 0.372 e. The Hall–Kier alpha value is -1.39. The summed E-state index contributed by atoms with van der Waals surface area (Å²) in [5.74, 6) is 0.124. The van der Waals surface area contributed by atoms with Crippen LogP contribution in [-0.2, 0) is 11.2 Å². The molecule has 1 amide bonds. The van der Waals surface area contributed by atoms with E-state index >= 15 is 0 Å². The van der Waals surface area contributed by atoms with Crippen LogP contribution >= 0.6 is 0 Å². The van der Waals surface area contributed by atoms with E-state index in [4.69, 9.17) is 4.74 Å². The predicted octanol–water partition coefficient (Wildman–Crippen LogP) is 1.70. The quantitative estimate of drug-likeness (QED) is 0.910. The first-order chi connectivity index (χ1) is 9.61. The highest BCUT2D eigenvalue weighted by Crippen LogP contribution is 2.17. The molecule has 4 nitrogen and oxygen atoms in total. The Balaban J connectivity index is 2.15. The summed E-state index contributed by atoms with van der Waals surface area (Å²) < 4.78 is 5.69. The minimum atomic E-state index is 0.104. The molecule has 1 N–H and O–H groups in total. The molecule has 1 aliphatic rings. The van der Waals surface area contributed by atoms with Gasteiger partial charge in [0.25, 0.3) is 5.91 Å². The van der Waals surface area contributed by atoms with Crippen LogP contribution in [0, 0.1) is 0 Å². The molecule has 0 saturated carbocycles. The molecule has 2 unspecified atom stereocenters. The standard InChI is InChI=1S/C16H24N2O2/c1-12-10-18(11-13(2)20-12)16(19)15-7-5-4-6-14(15)8-9-17-3/h4-7,12-13,17H,8-11H2,1-3H3. The zero-order valence-corrected chi connectivity index (χ0v) is 12.6. The van der Waals surface area contributed by atoms with E-state index in [2.05, 4.69) is 5.32 Å². The third-order valence-corrected chi connectivity index (χ3v) is 3.60. The Bertz CT molecular complexity index is 452. The highest BCUT2D eigenvalue weighted by atomic mass is 16.5. The fourth-order valence-electron chi connectivity index (χ4n) is 2.72. The summed E-state index contributed by atoms with van der Waals surface area (Å²) in [6.07, 6.45) is 1.08. The first kappa shape index (κ1) is 15.0. The fraction of sp³-hybridized carbons (Fsp3) is 0.562. The Morgan fingerprint density at radius 1 is 1.30 bits per heavy atom. The maximum absolute atomic E-state index is 12.7. The Morgan fingerprint density at radius 2 is 1.95 bits per heavy atom. The summed E-state index contributed by atoms with van der Waals surface area (Å²) >= 11 is 0. The number of hydrogen-bond acceptors (Lipinski definition) is 3. The molecule has 20 heavy (non-hydrogen) atoms. The molecule has 0 spiro atoms. The SMILES string of the molecule is CNCCc1ccccc1C(=O)N1CC(C)OC(C)C1. The molecular weight excluding hydrogens is 252 g/mol.